The van der Waals surface area contributed by atoms with Gasteiger partial charge in [-0.05, 0) is 49.6 Å². The van der Waals surface area contributed by atoms with Gasteiger partial charge in [-0.1, -0.05) is 42.5 Å². The van der Waals surface area contributed by atoms with E-state index in [1.165, 1.54) is 5.56 Å². The molecule has 0 aliphatic carbocycles. The fourth-order valence-corrected chi connectivity index (χ4v) is 4.14. The summed E-state index contributed by atoms with van der Waals surface area (Å²) in [7, 11) is 1.63. The third-order valence-corrected chi connectivity index (χ3v) is 6.03. The number of ether oxygens (including phenoxy) is 1. The van der Waals surface area contributed by atoms with Crippen LogP contribution in [0.2, 0.25) is 0 Å². The number of nitrogens with zero attached hydrogens (tertiary/aromatic N) is 3. The first-order chi connectivity index (χ1) is 15.6. The number of hydrogen-bond donors (Lipinski definition) is 1. The second-order valence-electron chi connectivity index (χ2n) is 8.28. The van der Waals surface area contributed by atoms with Crippen molar-refractivity contribution in [3.8, 4) is 5.75 Å². The van der Waals surface area contributed by atoms with Crippen LogP contribution in [-0.4, -0.2) is 47.5 Å². The van der Waals surface area contributed by atoms with Crippen molar-refractivity contribution in [2.75, 3.05) is 26.7 Å². The number of rotatable bonds is 8. The highest BCUT2D eigenvalue weighted by molar-refractivity contribution is 5.94. The lowest BCUT2D eigenvalue weighted by molar-refractivity contribution is 0.0949. The summed E-state index contributed by atoms with van der Waals surface area (Å²) in [5.74, 6) is 1.77. The van der Waals surface area contributed by atoms with Crippen LogP contribution in [0.4, 0.5) is 0 Å². The van der Waals surface area contributed by atoms with E-state index in [4.69, 9.17) is 9.72 Å². The number of aromatic nitrogens is 2. The van der Waals surface area contributed by atoms with E-state index in [-0.39, 0.29) is 5.91 Å². The molecule has 2 aromatic carbocycles. The third kappa shape index (κ3) is 5.51. The predicted molar refractivity (Wildman–Crippen MR) is 125 cm³/mol. The van der Waals surface area contributed by atoms with Crippen molar-refractivity contribution in [2.24, 2.45) is 0 Å². The average Bonchev–Trinajstić information content (AvgIpc) is 3.31. The number of amides is 1. The van der Waals surface area contributed by atoms with Gasteiger partial charge in [0.15, 0.2) is 0 Å². The van der Waals surface area contributed by atoms with Crippen LogP contribution in [0, 0.1) is 6.92 Å². The summed E-state index contributed by atoms with van der Waals surface area (Å²) >= 11 is 0. The molecule has 0 bridgehead atoms. The zero-order valence-electron chi connectivity index (χ0n) is 18.8. The predicted octanol–water partition coefficient (Wildman–Crippen LogP) is 3.76. The highest BCUT2D eigenvalue weighted by atomic mass is 16.5. The van der Waals surface area contributed by atoms with Gasteiger partial charge in [0.2, 0.25) is 0 Å². The molecular weight excluding hydrogens is 400 g/mol. The number of nitrogens with one attached hydrogen (secondary N) is 1. The van der Waals surface area contributed by atoms with E-state index in [2.05, 4.69) is 45.5 Å². The first-order valence-electron chi connectivity index (χ1n) is 11.1. The summed E-state index contributed by atoms with van der Waals surface area (Å²) in [5.41, 5.74) is 3.60. The van der Waals surface area contributed by atoms with Crippen LogP contribution in [-0.2, 0) is 13.0 Å². The third-order valence-electron chi connectivity index (χ3n) is 6.03. The van der Waals surface area contributed by atoms with E-state index in [0.29, 0.717) is 18.0 Å². The fraction of sp³-hybridized carbons (Fsp3) is 0.346. The summed E-state index contributed by atoms with van der Waals surface area (Å²) in [6.45, 7) is 5.38. The van der Waals surface area contributed by atoms with Crippen molar-refractivity contribution >= 4 is 5.91 Å². The van der Waals surface area contributed by atoms with Gasteiger partial charge in [-0.2, -0.15) is 0 Å². The first kappa shape index (κ1) is 22.0. The molecule has 1 amide bonds. The summed E-state index contributed by atoms with van der Waals surface area (Å²) in [6.07, 6.45) is 3.78. The van der Waals surface area contributed by atoms with Crippen LogP contribution >= 0.6 is 0 Å². The van der Waals surface area contributed by atoms with Crippen LogP contribution in [0.25, 0.3) is 0 Å². The van der Waals surface area contributed by atoms with Crippen LogP contribution in [0.3, 0.4) is 0 Å². The second kappa shape index (κ2) is 10.4. The van der Waals surface area contributed by atoms with Crippen molar-refractivity contribution in [3.63, 3.8) is 0 Å². The highest BCUT2D eigenvalue weighted by Gasteiger charge is 2.26. The van der Waals surface area contributed by atoms with Gasteiger partial charge in [0.1, 0.15) is 11.6 Å². The van der Waals surface area contributed by atoms with E-state index in [0.717, 1.165) is 55.3 Å². The van der Waals surface area contributed by atoms with Gasteiger partial charge in [-0.15, -0.1) is 0 Å². The summed E-state index contributed by atoms with van der Waals surface area (Å²) in [5, 5.41) is 2.95. The fourth-order valence-electron chi connectivity index (χ4n) is 4.14. The molecule has 0 spiro atoms. The van der Waals surface area contributed by atoms with Crippen molar-refractivity contribution in [3.05, 3.63) is 89.0 Å². The Morgan fingerprint density at radius 2 is 1.97 bits per heavy atom. The second-order valence-corrected chi connectivity index (χ2v) is 8.28. The smallest absolute Gasteiger partial charge is 0.254 e. The van der Waals surface area contributed by atoms with Crippen LogP contribution in [0.1, 0.15) is 45.3 Å². The molecule has 6 heteroatoms. The Labute approximate surface area is 189 Å². The zero-order valence-corrected chi connectivity index (χ0v) is 18.8. The van der Waals surface area contributed by atoms with Crippen molar-refractivity contribution in [1.82, 2.24) is 20.2 Å². The topological polar surface area (TPSA) is 67.3 Å². The largest absolute Gasteiger partial charge is 0.497 e. The van der Waals surface area contributed by atoms with Gasteiger partial charge in [0, 0.05) is 31.7 Å². The van der Waals surface area contributed by atoms with Crippen LogP contribution in [0.15, 0.2) is 60.8 Å². The first-order valence-corrected chi connectivity index (χ1v) is 11.1. The van der Waals surface area contributed by atoms with Crippen molar-refractivity contribution in [1.29, 1.82) is 0 Å². The maximum atomic E-state index is 12.7. The van der Waals surface area contributed by atoms with E-state index in [9.17, 15) is 4.79 Å². The Balaban J connectivity index is 1.32. The number of likely N-dealkylation sites (tertiary alicyclic amines) is 1. The summed E-state index contributed by atoms with van der Waals surface area (Å²) in [4.78, 5) is 24.4. The number of methoxy groups -OCH3 is 1. The molecular formula is C26H30N4O2. The van der Waals surface area contributed by atoms with Gasteiger partial charge in [0.05, 0.1) is 18.4 Å². The molecule has 1 atom stereocenters. The zero-order chi connectivity index (χ0) is 22.3. The molecule has 0 saturated carbocycles. The molecule has 1 aromatic heterocycles. The Morgan fingerprint density at radius 3 is 2.75 bits per heavy atom. The minimum Gasteiger partial charge on any atom is -0.497 e. The maximum absolute atomic E-state index is 12.7. The molecule has 2 heterocycles. The van der Waals surface area contributed by atoms with Gasteiger partial charge < -0.3 is 15.0 Å². The number of benzene rings is 2. The van der Waals surface area contributed by atoms with E-state index < -0.39 is 0 Å². The van der Waals surface area contributed by atoms with Gasteiger partial charge in [-0.25, -0.2) is 9.97 Å². The molecule has 32 heavy (non-hydrogen) atoms. The molecule has 1 N–H and O–H groups in total. The van der Waals surface area contributed by atoms with Gasteiger partial charge in [0.25, 0.3) is 5.91 Å². The Hall–Kier alpha value is -3.25. The molecule has 166 valence electrons. The number of aryl methyl sites for hydroxylation is 1. The molecule has 6 nitrogen and oxygen atoms in total. The lowest BCUT2D eigenvalue weighted by Crippen LogP contribution is -2.25. The van der Waals surface area contributed by atoms with Crippen LogP contribution < -0.4 is 10.1 Å². The SMILES string of the molecule is COc1cccc(CNC(=O)c2cnc(C3CCN(CCc4ccccc4)C3)nc2C)c1. The normalized spacial score (nSPS) is 16.1. The van der Waals surface area contributed by atoms with Crippen molar-refractivity contribution in [2.45, 2.75) is 32.2 Å². The summed E-state index contributed by atoms with van der Waals surface area (Å²) in [6, 6.07) is 18.3. The Bertz CT molecular complexity index is 1050. The number of hydrogen-bond acceptors (Lipinski definition) is 5. The average molecular weight is 431 g/mol. The van der Waals surface area contributed by atoms with Gasteiger partial charge >= 0.3 is 0 Å². The van der Waals surface area contributed by atoms with Crippen molar-refractivity contribution < 1.29 is 9.53 Å². The molecule has 4 rings (SSSR count). The van der Waals surface area contributed by atoms with Gasteiger partial charge in [-0.3, -0.25) is 4.79 Å². The summed E-state index contributed by atoms with van der Waals surface area (Å²) < 4.78 is 5.24. The molecule has 1 aliphatic heterocycles. The molecule has 1 saturated heterocycles. The molecule has 1 aliphatic rings. The molecule has 0 radical (unpaired) electrons. The maximum Gasteiger partial charge on any atom is 0.254 e. The van der Waals surface area contributed by atoms with E-state index in [1.54, 1.807) is 13.3 Å². The quantitative estimate of drug-likeness (QED) is 0.589. The van der Waals surface area contributed by atoms with E-state index >= 15 is 0 Å². The number of carbonyl (C=O) groups is 1. The van der Waals surface area contributed by atoms with Crippen LogP contribution in [0.5, 0.6) is 5.75 Å². The Morgan fingerprint density at radius 1 is 1.16 bits per heavy atom. The Kier molecular flexibility index (Phi) is 7.12. The molecule has 3 aromatic rings. The molecule has 1 unspecified atom stereocenters. The lowest BCUT2D eigenvalue weighted by atomic mass is 10.1. The standard InChI is InChI=1S/C26H30N4O2/c1-19-24(26(31)28-16-21-9-6-10-23(15-21)32-2)17-27-25(29-19)22-12-14-30(18-22)13-11-20-7-4-3-5-8-20/h3-10,15,17,22H,11-14,16,18H2,1-2H3,(H,28,31). The van der Waals surface area contributed by atoms with E-state index in [1.807, 2.05) is 31.2 Å². The minimum atomic E-state index is -0.159. The molecule has 1 fully saturated rings. The highest BCUT2D eigenvalue weighted by Crippen LogP contribution is 2.25. The lowest BCUT2D eigenvalue weighted by Gasteiger charge is -2.16. The number of carbonyl (C=O) groups excluding carboxylic acids is 1. The minimum absolute atomic E-state index is 0.159. The monoisotopic (exact) mass is 430 g/mol.